The van der Waals surface area contributed by atoms with E-state index in [1.165, 1.54) is 24.8 Å². The fourth-order valence-corrected chi connectivity index (χ4v) is 7.17. The predicted octanol–water partition coefficient (Wildman–Crippen LogP) is 3.97. The molecule has 2 fully saturated rings. The minimum atomic E-state index is -3.76. The lowest BCUT2D eigenvalue weighted by molar-refractivity contribution is -0.148. The van der Waals surface area contributed by atoms with Gasteiger partial charge in [0.2, 0.25) is 10.0 Å². The Bertz CT molecular complexity index is 1250. The number of rotatable bonds is 11. The van der Waals surface area contributed by atoms with Gasteiger partial charge in [-0.15, -0.1) is 0 Å². The Morgan fingerprint density at radius 2 is 1.70 bits per heavy atom. The number of ether oxygens (including phenoxy) is 1. The number of methoxy groups -OCH3 is 1. The Morgan fingerprint density at radius 1 is 1.02 bits per heavy atom. The number of piperidine rings is 1. The fraction of sp³-hybridized carbons (Fsp3) is 0.516. The van der Waals surface area contributed by atoms with Gasteiger partial charge in [-0.2, -0.15) is 0 Å². The van der Waals surface area contributed by atoms with Gasteiger partial charge in [0.05, 0.1) is 12.0 Å². The number of benzene rings is 2. The lowest BCUT2D eigenvalue weighted by Gasteiger charge is -2.37. The summed E-state index contributed by atoms with van der Waals surface area (Å²) < 4.78 is 34.0. The zero-order valence-corrected chi connectivity index (χ0v) is 24.6. The molecule has 2 aromatic carbocycles. The number of amides is 1. The molecule has 218 valence electrons. The van der Waals surface area contributed by atoms with E-state index in [1.807, 2.05) is 18.2 Å². The lowest BCUT2D eigenvalue weighted by Crippen LogP contribution is -2.54. The van der Waals surface area contributed by atoms with Gasteiger partial charge in [0.1, 0.15) is 5.75 Å². The summed E-state index contributed by atoms with van der Waals surface area (Å²) in [5.41, 5.74) is 0.114. The van der Waals surface area contributed by atoms with Crippen molar-refractivity contribution in [3.8, 4) is 5.75 Å². The third kappa shape index (κ3) is 7.32. The molecule has 1 heterocycles. The van der Waals surface area contributed by atoms with Crippen LogP contribution in [0, 0.1) is 5.92 Å². The first-order valence-electron chi connectivity index (χ1n) is 14.2. The van der Waals surface area contributed by atoms with E-state index in [0.717, 1.165) is 38.9 Å². The molecule has 0 unspecified atom stereocenters. The normalized spacial score (nSPS) is 21.9. The molecule has 0 spiro atoms. The van der Waals surface area contributed by atoms with Crippen LogP contribution in [0.3, 0.4) is 0 Å². The Hall–Kier alpha value is -2.72. The van der Waals surface area contributed by atoms with Crippen LogP contribution < -0.4 is 14.8 Å². The summed E-state index contributed by atoms with van der Waals surface area (Å²) in [6, 6.07) is 14.9. The second kappa shape index (κ2) is 13.3. The van der Waals surface area contributed by atoms with Gasteiger partial charge in [-0.1, -0.05) is 42.0 Å². The van der Waals surface area contributed by atoms with Gasteiger partial charge in [0, 0.05) is 37.6 Å². The molecule has 8 nitrogen and oxygen atoms in total. The van der Waals surface area contributed by atoms with Gasteiger partial charge in [-0.3, -0.25) is 4.79 Å². The first-order chi connectivity index (χ1) is 19.1. The van der Waals surface area contributed by atoms with Crippen molar-refractivity contribution in [1.29, 1.82) is 0 Å². The second-order valence-electron chi connectivity index (χ2n) is 11.3. The summed E-state index contributed by atoms with van der Waals surface area (Å²) in [5, 5.41) is 15.2. The first kappa shape index (κ1) is 30.2. The van der Waals surface area contributed by atoms with Crippen molar-refractivity contribution in [1.82, 2.24) is 14.9 Å². The number of allylic oxidation sites excluding steroid dienone is 1. The van der Waals surface area contributed by atoms with Gasteiger partial charge < -0.3 is 20.1 Å². The minimum Gasteiger partial charge on any atom is -0.497 e. The summed E-state index contributed by atoms with van der Waals surface area (Å²) in [6.45, 7) is 7.04. The Morgan fingerprint density at radius 3 is 2.33 bits per heavy atom. The van der Waals surface area contributed by atoms with Crippen LogP contribution >= 0.6 is 0 Å². The smallest absolute Gasteiger partial charge is 0.257 e. The van der Waals surface area contributed by atoms with Crippen molar-refractivity contribution < 1.29 is 23.1 Å². The van der Waals surface area contributed by atoms with Crippen LogP contribution in [0.2, 0.25) is 0 Å². The molecule has 1 aliphatic carbocycles. The average Bonchev–Trinajstić information content (AvgIpc) is 3.42. The molecule has 1 aliphatic heterocycles. The summed E-state index contributed by atoms with van der Waals surface area (Å²) >= 11 is 0. The first-order valence-corrected chi connectivity index (χ1v) is 15.7. The molecule has 0 bridgehead atoms. The van der Waals surface area contributed by atoms with Gasteiger partial charge in [0.15, 0.2) is 5.60 Å². The van der Waals surface area contributed by atoms with E-state index in [1.54, 1.807) is 24.3 Å². The number of carbonyl (C=O) groups is 1. The Balaban J connectivity index is 1.42. The zero-order chi connectivity index (χ0) is 28.8. The topological polar surface area (TPSA) is 108 Å². The molecule has 3 atom stereocenters. The molecule has 4 rings (SSSR count). The summed E-state index contributed by atoms with van der Waals surface area (Å²) in [4.78, 5) is 16.4. The summed E-state index contributed by atoms with van der Waals surface area (Å²) in [5.74, 6) is -0.249. The summed E-state index contributed by atoms with van der Waals surface area (Å²) in [6.07, 6.45) is 6.36. The standard InChI is InChI=1S/C31H43N3O5S/c1-23(2)8-7-19-34-20-17-26(18-21-34)32-30(35)31(36,24-9-5-4-6-10-24)25-11-12-27(22-25)33-40(37,38)29-15-13-28(39-3)14-16-29/h4-6,8-10,13-16,25-27,33,36H,7,11-12,17-22H2,1-3H3,(H,32,35)/t25-,27-,31-/m0/s1. The number of hydrogen-bond acceptors (Lipinski definition) is 6. The number of likely N-dealkylation sites (tertiary alicyclic amines) is 1. The van der Waals surface area contributed by atoms with Crippen molar-refractivity contribution in [2.45, 2.75) is 75.0 Å². The number of carbonyl (C=O) groups excluding carboxylic acids is 1. The van der Waals surface area contributed by atoms with Gasteiger partial charge in [0.25, 0.3) is 5.91 Å². The molecular formula is C31H43N3O5S. The molecule has 2 aromatic rings. The molecular weight excluding hydrogens is 526 g/mol. The largest absolute Gasteiger partial charge is 0.497 e. The van der Waals surface area contributed by atoms with Crippen molar-refractivity contribution >= 4 is 15.9 Å². The van der Waals surface area contributed by atoms with Gasteiger partial charge >= 0.3 is 0 Å². The molecule has 1 saturated carbocycles. The zero-order valence-electron chi connectivity index (χ0n) is 23.8. The predicted molar refractivity (Wildman–Crippen MR) is 156 cm³/mol. The molecule has 0 radical (unpaired) electrons. The van der Waals surface area contributed by atoms with E-state index in [0.29, 0.717) is 30.6 Å². The van der Waals surface area contributed by atoms with Crippen molar-refractivity contribution in [2.24, 2.45) is 5.92 Å². The Kier molecular flexibility index (Phi) is 10.1. The van der Waals surface area contributed by atoms with Gasteiger partial charge in [-0.25, -0.2) is 13.1 Å². The average molecular weight is 570 g/mol. The van der Waals surface area contributed by atoms with E-state index < -0.39 is 27.4 Å². The highest BCUT2D eigenvalue weighted by Crippen LogP contribution is 2.41. The maximum absolute atomic E-state index is 13.8. The highest BCUT2D eigenvalue weighted by Gasteiger charge is 2.49. The van der Waals surface area contributed by atoms with E-state index in [9.17, 15) is 18.3 Å². The van der Waals surface area contributed by atoms with Crippen molar-refractivity contribution in [3.05, 3.63) is 71.8 Å². The number of nitrogens with one attached hydrogen (secondary N) is 2. The molecule has 0 aromatic heterocycles. The molecule has 40 heavy (non-hydrogen) atoms. The molecule has 1 amide bonds. The minimum absolute atomic E-state index is 0.00628. The van der Waals surface area contributed by atoms with Crippen LogP contribution in [0.25, 0.3) is 0 Å². The van der Waals surface area contributed by atoms with E-state index in [2.05, 4.69) is 34.9 Å². The summed E-state index contributed by atoms with van der Waals surface area (Å²) in [7, 11) is -2.23. The molecule has 1 saturated heterocycles. The second-order valence-corrected chi connectivity index (χ2v) is 13.0. The SMILES string of the molecule is COc1ccc(S(=O)(=O)N[C@H]2CC[C@H]([C@](O)(C(=O)NC3CCN(CCC=C(C)C)CC3)c3ccccc3)C2)cc1. The lowest BCUT2D eigenvalue weighted by atomic mass is 9.79. The van der Waals surface area contributed by atoms with Crippen LogP contribution in [-0.4, -0.2) is 63.2 Å². The molecule has 9 heteroatoms. The van der Waals surface area contributed by atoms with E-state index >= 15 is 0 Å². The maximum atomic E-state index is 13.8. The van der Waals surface area contributed by atoms with Crippen LogP contribution in [0.1, 0.15) is 57.9 Å². The van der Waals surface area contributed by atoms with E-state index in [-0.39, 0.29) is 17.0 Å². The third-order valence-corrected chi connectivity index (χ3v) is 9.73. The van der Waals surface area contributed by atoms with Crippen LogP contribution in [-0.2, 0) is 20.4 Å². The number of aliphatic hydroxyl groups is 1. The quantitative estimate of drug-likeness (QED) is 0.354. The monoisotopic (exact) mass is 569 g/mol. The highest BCUT2D eigenvalue weighted by molar-refractivity contribution is 7.89. The molecule has 3 N–H and O–H groups in total. The van der Waals surface area contributed by atoms with E-state index in [4.69, 9.17) is 4.74 Å². The molecule has 2 aliphatic rings. The number of sulfonamides is 1. The third-order valence-electron chi connectivity index (χ3n) is 8.20. The fourth-order valence-electron chi connectivity index (χ4n) is 5.89. The number of hydrogen-bond donors (Lipinski definition) is 3. The maximum Gasteiger partial charge on any atom is 0.257 e. The highest BCUT2D eigenvalue weighted by atomic mass is 32.2. The van der Waals surface area contributed by atoms with Crippen LogP contribution in [0.4, 0.5) is 0 Å². The van der Waals surface area contributed by atoms with Crippen LogP contribution in [0.15, 0.2) is 71.1 Å². The van der Waals surface area contributed by atoms with Crippen molar-refractivity contribution in [3.63, 3.8) is 0 Å². The van der Waals surface area contributed by atoms with Crippen molar-refractivity contribution in [2.75, 3.05) is 26.7 Å². The van der Waals surface area contributed by atoms with Gasteiger partial charge in [-0.05, 0) is 82.2 Å². The Labute approximate surface area is 238 Å². The van der Waals surface area contributed by atoms with Crippen LogP contribution in [0.5, 0.6) is 5.75 Å². The number of nitrogens with zero attached hydrogens (tertiary/aromatic N) is 1.